The molecule has 0 spiro atoms. The standard InChI is InChI=1S/C16H26O4/c1-5-7-9-11-19-15(17)13(3)14(4)16(18)20-12-10-8-6-2/h3-12H2,1-2H3. The molecule has 0 aliphatic heterocycles. The lowest BCUT2D eigenvalue weighted by Crippen LogP contribution is -2.16. The molecule has 20 heavy (non-hydrogen) atoms. The van der Waals surface area contributed by atoms with E-state index in [0.29, 0.717) is 13.2 Å². The molecule has 4 nitrogen and oxygen atoms in total. The van der Waals surface area contributed by atoms with Gasteiger partial charge in [0.15, 0.2) is 0 Å². The molecule has 0 atom stereocenters. The van der Waals surface area contributed by atoms with Crippen LogP contribution >= 0.6 is 0 Å². The maximum Gasteiger partial charge on any atom is 0.338 e. The van der Waals surface area contributed by atoms with Gasteiger partial charge in [-0.2, -0.15) is 0 Å². The van der Waals surface area contributed by atoms with E-state index in [1.165, 1.54) is 0 Å². The van der Waals surface area contributed by atoms with Crippen LogP contribution in [-0.2, 0) is 19.1 Å². The first-order valence-electron chi connectivity index (χ1n) is 7.27. The summed E-state index contributed by atoms with van der Waals surface area (Å²) in [6.45, 7) is 11.9. The summed E-state index contributed by atoms with van der Waals surface area (Å²) in [5.41, 5.74) is -0.0519. The van der Waals surface area contributed by atoms with E-state index in [4.69, 9.17) is 9.47 Å². The minimum absolute atomic E-state index is 0.0259. The van der Waals surface area contributed by atoms with E-state index < -0.39 is 11.9 Å². The number of carbonyl (C=O) groups is 2. The Kier molecular flexibility index (Phi) is 10.4. The molecule has 0 rings (SSSR count). The number of esters is 2. The van der Waals surface area contributed by atoms with E-state index in [9.17, 15) is 9.59 Å². The lowest BCUT2D eigenvalue weighted by atomic mass is 10.1. The quantitative estimate of drug-likeness (QED) is 0.252. The van der Waals surface area contributed by atoms with Crippen molar-refractivity contribution in [3.63, 3.8) is 0 Å². The highest BCUT2D eigenvalue weighted by molar-refractivity contribution is 6.06. The van der Waals surface area contributed by atoms with E-state index in [0.717, 1.165) is 38.5 Å². The van der Waals surface area contributed by atoms with Gasteiger partial charge in [-0.1, -0.05) is 52.7 Å². The van der Waals surface area contributed by atoms with Gasteiger partial charge in [0.2, 0.25) is 0 Å². The Labute approximate surface area is 121 Å². The van der Waals surface area contributed by atoms with Crippen molar-refractivity contribution in [1.29, 1.82) is 0 Å². The van der Waals surface area contributed by atoms with Gasteiger partial charge in [0.05, 0.1) is 24.4 Å². The average Bonchev–Trinajstić information content (AvgIpc) is 2.46. The van der Waals surface area contributed by atoms with Gasteiger partial charge in [0.1, 0.15) is 0 Å². The Bertz CT molecular complexity index is 310. The SMILES string of the molecule is C=C(C(=C)C(=O)OCCCCC)C(=O)OCCCCC. The Hall–Kier alpha value is -1.58. The van der Waals surface area contributed by atoms with Gasteiger partial charge in [0, 0.05) is 0 Å². The highest BCUT2D eigenvalue weighted by atomic mass is 16.5. The third-order valence-corrected chi connectivity index (χ3v) is 2.82. The Balaban J connectivity index is 4.02. The summed E-state index contributed by atoms with van der Waals surface area (Å²) >= 11 is 0. The van der Waals surface area contributed by atoms with Crippen LogP contribution in [0.5, 0.6) is 0 Å². The Morgan fingerprint density at radius 3 is 1.40 bits per heavy atom. The third-order valence-electron chi connectivity index (χ3n) is 2.82. The van der Waals surface area contributed by atoms with Gasteiger partial charge in [-0.3, -0.25) is 0 Å². The second kappa shape index (κ2) is 11.3. The zero-order valence-electron chi connectivity index (χ0n) is 12.7. The molecule has 0 bridgehead atoms. The predicted octanol–water partition coefficient (Wildman–Crippen LogP) is 3.57. The largest absolute Gasteiger partial charge is 0.462 e. The zero-order chi connectivity index (χ0) is 15.4. The van der Waals surface area contributed by atoms with Crippen LogP contribution in [0.15, 0.2) is 24.3 Å². The van der Waals surface area contributed by atoms with Crippen LogP contribution in [0.4, 0.5) is 0 Å². The van der Waals surface area contributed by atoms with Gasteiger partial charge in [-0.05, 0) is 12.8 Å². The molecule has 0 aromatic heterocycles. The van der Waals surface area contributed by atoms with Crippen molar-refractivity contribution in [2.45, 2.75) is 52.4 Å². The summed E-state index contributed by atoms with van der Waals surface area (Å²) in [5.74, 6) is -1.20. The van der Waals surface area contributed by atoms with Crippen molar-refractivity contribution in [2.75, 3.05) is 13.2 Å². The van der Waals surface area contributed by atoms with E-state index in [1.807, 2.05) is 0 Å². The predicted molar refractivity (Wildman–Crippen MR) is 79.2 cm³/mol. The van der Waals surface area contributed by atoms with Gasteiger partial charge < -0.3 is 9.47 Å². The molecule has 0 aromatic carbocycles. The summed E-state index contributed by atoms with van der Waals surface area (Å²) in [6, 6.07) is 0. The zero-order valence-corrected chi connectivity index (χ0v) is 12.7. The molecule has 114 valence electrons. The molecule has 0 fully saturated rings. The number of rotatable bonds is 11. The van der Waals surface area contributed by atoms with Crippen LogP contribution in [-0.4, -0.2) is 25.2 Å². The summed E-state index contributed by atoms with van der Waals surface area (Å²) in [5, 5.41) is 0. The van der Waals surface area contributed by atoms with E-state index in [-0.39, 0.29) is 11.1 Å². The summed E-state index contributed by atoms with van der Waals surface area (Å²) < 4.78 is 10.0. The van der Waals surface area contributed by atoms with E-state index in [1.54, 1.807) is 0 Å². The number of ether oxygens (including phenoxy) is 2. The molecule has 4 heteroatoms. The first kappa shape index (κ1) is 18.4. The van der Waals surface area contributed by atoms with Crippen molar-refractivity contribution in [3.05, 3.63) is 24.3 Å². The summed E-state index contributed by atoms with van der Waals surface area (Å²) in [4.78, 5) is 23.3. The molecule has 0 heterocycles. The third kappa shape index (κ3) is 7.77. The molecule has 0 aliphatic rings. The molecule has 0 aliphatic carbocycles. The number of hydrogen-bond acceptors (Lipinski definition) is 4. The van der Waals surface area contributed by atoms with Crippen molar-refractivity contribution in [2.24, 2.45) is 0 Å². The number of carbonyl (C=O) groups excluding carboxylic acids is 2. The molecule has 0 saturated carbocycles. The van der Waals surface area contributed by atoms with Gasteiger partial charge >= 0.3 is 11.9 Å². The van der Waals surface area contributed by atoms with Crippen molar-refractivity contribution in [1.82, 2.24) is 0 Å². The highest BCUT2D eigenvalue weighted by Crippen LogP contribution is 2.11. The van der Waals surface area contributed by atoms with E-state index >= 15 is 0 Å². The lowest BCUT2D eigenvalue weighted by Gasteiger charge is -2.09. The van der Waals surface area contributed by atoms with Crippen LogP contribution in [0.2, 0.25) is 0 Å². The molecule has 0 amide bonds. The van der Waals surface area contributed by atoms with Crippen LogP contribution in [0.3, 0.4) is 0 Å². The van der Waals surface area contributed by atoms with Crippen LogP contribution in [0, 0.1) is 0 Å². The van der Waals surface area contributed by atoms with Crippen LogP contribution in [0.1, 0.15) is 52.4 Å². The maximum atomic E-state index is 11.6. The molecule has 0 N–H and O–H groups in total. The van der Waals surface area contributed by atoms with Crippen molar-refractivity contribution >= 4 is 11.9 Å². The number of unbranched alkanes of at least 4 members (excludes halogenated alkanes) is 4. The maximum absolute atomic E-state index is 11.6. The first-order chi connectivity index (χ1) is 9.54. The summed E-state index contributed by atoms with van der Waals surface area (Å²) in [6.07, 6.45) is 5.72. The highest BCUT2D eigenvalue weighted by Gasteiger charge is 2.19. The van der Waals surface area contributed by atoms with Gasteiger partial charge in [-0.25, -0.2) is 9.59 Å². The fourth-order valence-corrected chi connectivity index (χ4v) is 1.45. The molecule has 0 aromatic rings. The first-order valence-corrected chi connectivity index (χ1v) is 7.27. The molecule has 0 unspecified atom stereocenters. The molecular weight excluding hydrogens is 256 g/mol. The molecule has 0 radical (unpaired) electrons. The Morgan fingerprint density at radius 2 is 1.10 bits per heavy atom. The van der Waals surface area contributed by atoms with Gasteiger partial charge in [-0.15, -0.1) is 0 Å². The van der Waals surface area contributed by atoms with Crippen LogP contribution in [0.25, 0.3) is 0 Å². The summed E-state index contributed by atoms with van der Waals surface area (Å²) in [7, 11) is 0. The van der Waals surface area contributed by atoms with E-state index in [2.05, 4.69) is 27.0 Å². The number of hydrogen-bond donors (Lipinski definition) is 0. The normalized spacial score (nSPS) is 9.90. The fraction of sp³-hybridized carbons (Fsp3) is 0.625. The Morgan fingerprint density at radius 1 is 0.750 bits per heavy atom. The lowest BCUT2D eigenvalue weighted by molar-refractivity contribution is -0.142. The topological polar surface area (TPSA) is 52.6 Å². The smallest absolute Gasteiger partial charge is 0.338 e. The van der Waals surface area contributed by atoms with Gasteiger partial charge in [0.25, 0.3) is 0 Å². The second-order valence-electron chi connectivity index (χ2n) is 4.64. The minimum atomic E-state index is -0.600. The average molecular weight is 282 g/mol. The van der Waals surface area contributed by atoms with Crippen molar-refractivity contribution in [3.8, 4) is 0 Å². The van der Waals surface area contributed by atoms with Crippen LogP contribution < -0.4 is 0 Å². The second-order valence-corrected chi connectivity index (χ2v) is 4.64. The minimum Gasteiger partial charge on any atom is -0.462 e. The van der Waals surface area contributed by atoms with Crippen molar-refractivity contribution < 1.29 is 19.1 Å². The fourth-order valence-electron chi connectivity index (χ4n) is 1.45. The monoisotopic (exact) mass is 282 g/mol. The molecule has 0 saturated heterocycles. The molecular formula is C16H26O4.